The number of rotatable bonds is 4. The fourth-order valence-electron chi connectivity index (χ4n) is 3.21. The van der Waals surface area contributed by atoms with E-state index in [0.717, 1.165) is 12.5 Å². The van der Waals surface area contributed by atoms with Gasteiger partial charge in [-0.3, -0.25) is 4.90 Å². The quantitative estimate of drug-likeness (QED) is 0.901. The van der Waals surface area contributed by atoms with Gasteiger partial charge in [-0.25, -0.2) is 0 Å². The molecule has 1 heterocycles. The molecule has 0 spiro atoms. The molecule has 0 amide bonds. The van der Waals surface area contributed by atoms with E-state index in [1.165, 1.54) is 30.5 Å². The molecule has 3 atom stereocenters. The van der Waals surface area contributed by atoms with E-state index < -0.39 is 0 Å². The molecule has 112 valence electrons. The Kier molecular flexibility index (Phi) is 5.22. The van der Waals surface area contributed by atoms with Gasteiger partial charge in [0, 0.05) is 18.6 Å². The van der Waals surface area contributed by atoms with Crippen LogP contribution in [0.15, 0.2) is 24.3 Å². The average molecular weight is 274 g/mol. The number of benzene rings is 1. The molecule has 1 fully saturated rings. The van der Waals surface area contributed by atoms with Gasteiger partial charge in [0.1, 0.15) is 0 Å². The van der Waals surface area contributed by atoms with Crippen molar-refractivity contribution < 1.29 is 0 Å². The highest BCUT2D eigenvalue weighted by atomic mass is 15.2. The normalized spacial score (nSPS) is 25.9. The standard InChI is InChI=1S/C18H30N2/c1-13(2)16-5-7-17(8-6-16)18(19)12-20-10-9-14(3)11-15(20)4/h5-8,13-15,18H,9-12,19H2,1-4H3. The molecular formula is C18H30N2. The molecule has 2 heteroatoms. The van der Waals surface area contributed by atoms with E-state index in [4.69, 9.17) is 5.73 Å². The molecule has 20 heavy (non-hydrogen) atoms. The first-order chi connectivity index (χ1) is 9.47. The Morgan fingerprint density at radius 1 is 1.15 bits per heavy atom. The van der Waals surface area contributed by atoms with Gasteiger partial charge in [0.2, 0.25) is 0 Å². The Labute approximate surface area is 124 Å². The minimum Gasteiger partial charge on any atom is -0.323 e. The SMILES string of the molecule is CC1CCN(CC(N)c2ccc(C(C)C)cc2)C(C)C1. The van der Waals surface area contributed by atoms with Crippen molar-refractivity contribution in [2.45, 2.75) is 58.5 Å². The van der Waals surface area contributed by atoms with Crippen molar-refractivity contribution in [3.63, 3.8) is 0 Å². The van der Waals surface area contributed by atoms with Crippen LogP contribution < -0.4 is 5.73 Å². The summed E-state index contributed by atoms with van der Waals surface area (Å²) >= 11 is 0. The van der Waals surface area contributed by atoms with Crippen LogP contribution in [-0.2, 0) is 0 Å². The molecule has 2 nitrogen and oxygen atoms in total. The van der Waals surface area contributed by atoms with Crippen molar-refractivity contribution >= 4 is 0 Å². The lowest BCUT2D eigenvalue weighted by molar-refractivity contribution is 0.122. The number of hydrogen-bond acceptors (Lipinski definition) is 2. The van der Waals surface area contributed by atoms with Gasteiger partial charge < -0.3 is 5.73 Å². The summed E-state index contributed by atoms with van der Waals surface area (Å²) in [5.41, 5.74) is 9.06. The van der Waals surface area contributed by atoms with Crippen molar-refractivity contribution in [2.75, 3.05) is 13.1 Å². The fraction of sp³-hybridized carbons (Fsp3) is 0.667. The Morgan fingerprint density at radius 3 is 2.30 bits per heavy atom. The van der Waals surface area contributed by atoms with Gasteiger partial charge in [0.05, 0.1) is 0 Å². The molecule has 3 unspecified atom stereocenters. The van der Waals surface area contributed by atoms with E-state index in [9.17, 15) is 0 Å². The number of likely N-dealkylation sites (tertiary alicyclic amines) is 1. The molecule has 2 rings (SSSR count). The molecule has 0 saturated carbocycles. The maximum absolute atomic E-state index is 6.41. The van der Waals surface area contributed by atoms with E-state index in [2.05, 4.69) is 56.9 Å². The highest BCUT2D eigenvalue weighted by Gasteiger charge is 2.24. The van der Waals surface area contributed by atoms with Crippen LogP contribution in [0, 0.1) is 5.92 Å². The van der Waals surface area contributed by atoms with E-state index in [1.54, 1.807) is 0 Å². The third-order valence-corrected chi connectivity index (χ3v) is 4.74. The molecule has 1 aromatic rings. The van der Waals surface area contributed by atoms with Crippen molar-refractivity contribution in [1.29, 1.82) is 0 Å². The third kappa shape index (κ3) is 3.83. The monoisotopic (exact) mass is 274 g/mol. The topological polar surface area (TPSA) is 29.3 Å². The number of piperidine rings is 1. The summed E-state index contributed by atoms with van der Waals surface area (Å²) in [7, 11) is 0. The van der Waals surface area contributed by atoms with E-state index in [-0.39, 0.29) is 6.04 Å². The lowest BCUT2D eigenvalue weighted by atomic mass is 9.92. The van der Waals surface area contributed by atoms with Gasteiger partial charge >= 0.3 is 0 Å². The maximum Gasteiger partial charge on any atom is 0.0424 e. The highest BCUT2D eigenvalue weighted by Crippen LogP contribution is 2.24. The largest absolute Gasteiger partial charge is 0.323 e. The minimum atomic E-state index is 0.132. The number of nitrogens with zero attached hydrogens (tertiary/aromatic N) is 1. The summed E-state index contributed by atoms with van der Waals surface area (Å²) < 4.78 is 0. The van der Waals surface area contributed by atoms with E-state index in [1.807, 2.05) is 0 Å². The first-order valence-corrected chi connectivity index (χ1v) is 8.07. The predicted molar refractivity (Wildman–Crippen MR) is 86.9 cm³/mol. The van der Waals surface area contributed by atoms with Crippen LogP contribution in [0.2, 0.25) is 0 Å². The molecule has 0 aliphatic carbocycles. The zero-order chi connectivity index (χ0) is 14.7. The van der Waals surface area contributed by atoms with Gasteiger partial charge in [-0.1, -0.05) is 45.0 Å². The van der Waals surface area contributed by atoms with Crippen molar-refractivity contribution in [3.05, 3.63) is 35.4 Å². The maximum atomic E-state index is 6.41. The smallest absolute Gasteiger partial charge is 0.0424 e. The van der Waals surface area contributed by atoms with E-state index in [0.29, 0.717) is 12.0 Å². The lowest BCUT2D eigenvalue weighted by Gasteiger charge is -2.38. The Balaban J connectivity index is 1.95. The minimum absolute atomic E-state index is 0.132. The molecule has 1 saturated heterocycles. The average Bonchev–Trinajstić information content (AvgIpc) is 2.42. The first-order valence-electron chi connectivity index (χ1n) is 8.07. The van der Waals surface area contributed by atoms with Crippen LogP contribution >= 0.6 is 0 Å². The second-order valence-electron chi connectivity index (χ2n) is 6.90. The predicted octanol–water partition coefficient (Wildman–Crippen LogP) is 3.93. The zero-order valence-electron chi connectivity index (χ0n) is 13.5. The van der Waals surface area contributed by atoms with Crippen LogP contribution in [0.4, 0.5) is 0 Å². The Bertz CT molecular complexity index is 410. The van der Waals surface area contributed by atoms with Gasteiger partial charge in [-0.05, 0) is 49.3 Å². The van der Waals surface area contributed by atoms with Gasteiger partial charge in [0.15, 0.2) is 0 Å². The van der Waals surface area contributed by atoms with Crippen molar-refractivity contribution in [3.8, 4) is 0 Å². The molecule has 1 aliphatic heterocycles. The van der Waals surface area contributed by atoms with Crippen molar-refractivity contribution in [2.24, 2.45) is 11.7 Å². The van der Waals surface area contributed by atoms with Crippen LogP contribution in [-0.4, -0.2) is 24.0 Å². The summed E-state index contributed by atoms with van der Waals surface area (Å²) in [4.78, 5) is 2.56. The van der Waals surface area contributed by atoms with E-state index >= 15 is 0 Å². The summed E-state index contributed by atoms with van der Waals surface area (Å²) in [6.07, 6.45) is 2.61. The first kappa shape index (κ1) is 15.5. The summed E-state index contributed by atoms with van der Waals surface area (Å²) in [5.74, 6) is 1.45. The third-order valence-electron chi connectivity index (χ3n) is 4.74. The summed E-state index contributed by atoms with van der Waals surface area (Å²) in [5, 5.41) is 0. The highest BCUT2D eigenvalue weighted by molar-refractivity contribution is 5.26. The second kappa shape index (κ2) is 6.73. The van der Waals surface area contributed by atoms with Gasteiger partial charge in [0.25, 0.3) is 0 Å². The molecule has 1 aliphatic rings. The molecule has 0 radical (unpaired) electrons. The van der Waals surface area contributed by atoms with Crippen LogP contribution in [0.3, 0.4) is 0 Å². The van der Waals surface area contributed by atoms with Crippen LogP contribution in [0.1, 0.15) is 63.6 Å². The molecule has 1 aromatic carbocycles. The molecule has 0 aromatic heterocycles. The van der Waals surface area contributed by atoms with Crippen LogP contribution in [0.5, 0.6) is 0 Å². The Morgan fingerprint density at radius 2 is 1.75 bits per heavy atom. The van der Waals surface area contributed by atoms with Crippen molar-refractivity contribution in [1.82, 2.24) is 4.90 Å². The molecular weight excluding hydrogens is 244 g/mol. The molecule has 0 bridgehead atoms. The molecule has 2 N–H and O–H groups in total. The fourth-order valence-corrected chi connectivity index (χ4v) is 3.21. The van der Waals surface area contributed by atoms with Gasteiger partial charge in [-0.2, -0.15) is 0 Å². The summed E-state index contributed by atoms with van der Waals surface area (Å²) in [6.45, 7) is 11.3. The summed E-state index contributed by atoms with van der Waals surface area (Å²) in [6, 6.07) is 9.66. The van der Waals surface area contributed by atoms with Crippen LogP contribution in [0.25, 0.3) is 0 Å². The lowest BCUT2D eigenvalue weighted by Crippen LogP contribution is -2.43. The zero-order valence-corrected chi connectivity index (χ0v) is 13.5. The number of nitrogens with two attached hydrogens (primary N) is 1. The second-order valence-corrected chi connectivity index (χ2v) is 6.90. The number of hydrogen-bond donors (Lipinski definition) is 1. The van der Waals surface area contributed by atoms with Gasteiger partial charge in [-0.15, -0.1) is 0 Å². The Hall–Kier alpha value is -0.860.